The van der Waals surface area contributed by atoms with Crippen LogP contribution in [0.5, 0.6) is 0 Å². The zero-order valence-electron chi connectivity index (χ0n) is 12.2. The second-order valence-corrected chi connectivity index (χ2v) is 6.24. The van der Waals surface area contributed by atoms with Gasteiger partial charge in [0.1, 0.15) is 0 Å². The number of hydrogen-bond acceptors (Lipinski definition) is 3. The summed E-state index contributed by atoms with van der Waals surface area (Å²) < 4.78 is 12.8. The van der Waals surface area contributed by atoms with Crippen molar-refractivity contribution in [3.63, 3.8) is 0 Å². The fraction of sp³-hybridized carbons (Fsp3) is 0.625. The summed E-state index contributed by atoms with van der Waals surface area (Å²) in [5, 5.41) is 3.03. The van der Waals surface area contributed by atoms with E-state index in [0.29, 0.717) is 5.56 Å². The average Bonchev–Trinajstić information content (AvgIpc) is 3.12. The highest BCUT2D eigenvalue weighted by molar-refractivity contribution is 5.94. The van der Waals surface area contributed by atoms with E-state index in [-0.39, 0.29) is 11.9 Å². The first-order valence-electron chi connectivity index (χ1n) is 7.85. The van der Waals surface area contributed by atoms with Crippen molar-refractivity contribution in [3.05, 3.63) is 29.8 Å². The zero-order valence-corrected chi connectivity index (χ0v) is 12.2. The lowest BCUT2D eigenvalue weighted by Crippen LogP contribution is -2.37. The quantitative estimate of drug-likeness (QED) is 0.865. The van der Waals surface area contributed by atoms with Crippen molar-refractivity contribution in [1.82, 2.24) is 15.2 Å². The van der Waals surface area contributed by atoms with Gasteiger partial charge in [0, 0.05) is 31.9 Å². The molecule has 4 nitrogen and oxygen atoms in total. The van der Waals surface area contributed by atoms with Crippen LogP contribution in [0.4, 0.5) is 4.39 Å². The minimum Gasteiger partial charge on any atom is -0.348 e. The molecule has 1 saturated heterocycles. The Bertz CT molecular complexity index is 485. The molecule has 1 N–H and O–H groups in total. The molecule has 1 aliphatic heterocycles. The lowest BCUT2D eigenvalue weighted by molar-refractivity contribution is 0.0937. The van der Waals surface area contributed by atoms with Crippen LogP contribution in [0, 0.1) is 11.9 Å². The second-order valence-electron chi connectivity index (χ2n) is 6.24. The summed E-state index contributed by atoms with van der Waals surface area (Å²) in [5.74, 6) is 0.131. The molecule has 1 saturated carbocycles. The standard InChI is InChI=1S/C16H22FN3O/c17-15-6-5-13(9-18-15)16(21)19-14-7-8-20(11-14)10-12-3-1-2-4-12/h5-6,9,12,14H,1-4,7-8,10-11H2,(H,19,21). The van der Waals surface area contributed by atoms with E-state index in [0.717, 1.165) is 25.4 Å². The number of rotatable bonds is 4. The SMILES string of the molecule is O=C(NC1CCN(CC2CCCC2)C1)c1ccc(F)nc1. The summed E-state index contributed by atoms with van der Waals surface area (Å²) >= 11 is 0. The minimum absolute atomic E-state index is 0.157. The molecule has 2 aliphatic rings. The van der Waals surface area contributed by atoms with Crippen molar-refractivity contribution in [3.8, 4) is 0 Å². The maximum Gasteiger partial charge on any atom is 0.253 e. The number of likely N-dealkylation sites (tertiary alicyclic amines) is 1. The van der Waals surface area contributed by atoms with Gasteiger partial charge in [-0.25, -0.2) is 4.98 Å². The van der Waals surface area contributed by atoms with Gasteiger partial charge in [-0.1, -0.05) is 12.8 Å². The largest absolute Gasteiger partial charge is 0.348 e. The van der Waals surface area contributed by atoms with Crippen LogP contribution >= 0.6 is 0 Å². The Balaban J connectivity index is 1.47. The van der Waals surface area contributed by atoms with Gasteiger partial charge in [0.05, 0.1) is 5.56 Å². The Morgan fingerprint density at radius 3 is 2.86 bits per heavy atom. The second kappa shape index (κ2) is 6.52. The molecule has 0 bridgehead atoms. The topological polar surface area (TPSA) is 45.2 Å². The van der Waals surface area contributed by atoms with Crippen molar-refractivity contribution in [2.45, 2.75) is 38.1 Å². The van der Waals surface area contributed by atoms with Crippen molar-refractivity contribution in [2.75, 3.05) is 19.6 Å². The Hall–Kier alpha value is -1.49. The maximum atomic E-state index is 12.8. The molecule has 2 heterocycles. The van der Waals surface area contributed by atoms with Gasteiger partial charge in [-0.2, -0.15) is 4.39 Å². The average molecular weight is 291 g/mol. The molecule has 3 rings (SSSR count). The summed E-state index contributed by atoms with van der Waals surface area (Å²) in [7, 11) is 0. The van der Waals surface area contributed by atoms with E-state index in [1.807, 2.05) is 0 Å². The molecule has 1 aromatic heterocycles. The summed E-state index contributed by atoms with van der Waals surface area (Å²) in [6.07, 6.45) is 7.74. The van der Waals surface area contributed by atoms with E-state index in [2.05, 4.69) is 15.2 Å². The van der Waals surface area contributed by atoms with E-state index < -0.39 is 5.95 Å². The number of hydrogen-bond donors (Lipinski definition) is 1. The third-order valence-electron chi connectivity index (χ3n) is 4.59. The predicted octanol–water partition coefficient (Wildman–Crippen LogP) is 2.21. The number of amides is 1. The predicted molar refractivity (Wildman–Crippen MR) is 78.5 cm³/mol. The molecule has 2 fully saturated rings. The first kappa shape index (κ1) is 14.4. The zero-order chi connectivity index (χ0) is 14.7. The van der Waals surface area contributed by atoms with Gasteiger partial charge in [0.2, 0.25) is 5.95 Å². The van der Waals surface area contributed by atoms with Gasteiger partial charge in [0.25, 0.3) is 5.91 Å². The van der Waals surface area contributed by atoms with Gasteiger partial charge in [-0.15, -0.1) is 0 Å². The number of nitrogens with one attached hydrogen (secondary N) is 1. The van der Waals surface area contributed by atoms with Gasteiger partial charge in [-0.3, -0.25) is 4.79 Å². The fourth-order valence-electron chi connectivity index (χ4n) is 3.45. The summed E-state index contributed by atoms with van der Waals surface area (Å²) in [6, 6.07) is 2.89. The molecule has 1 aliphatic carbocycles. The Morgan fingerprint density at radius 1 is 1.33 bits per heavy atom. The highest BCUT2D eigenvalue weighted by atomic mass is 19.1. The molecule has 114 valence electrons. The molecule has 1 atom stereocenters. The Labute approximate surface area is 124 Å². The van der Waals surface area contributed by atoms with Crippen LogP contribution in [0.25, 0.3) is 0 Å². The third kappa shape index (κ3) is 3.79. The van der Waals surface area contributed by atoms with Gasteiger partial charge in [-0.05, 0) is 37.3 Å². The van der Waals surface area contributed by atoms with Crippen LogP contribution in [-0.4, -0.2) is 41.5 Å². The Kier molecular flexibility index (Phi) is 4.48. The first-order valence-corrected chi connectivity index (χ1v) is 7.85. The summed E-state index contributed by atoms with van der Waals surface area (Å²) in [5.41, 5.74) is 0.422. The molecule has 0 spiro atoms. The molecular formula is C16H22FN3O. The van der Waals surface area contributed by atoms with Crippen LogP contribution in [0.2, 0.25) is 0 Å². The minimum atomic E-state index is -0.560. The molecule has 5 heteroatoms. The summed E-state index contributed by atoms with van der Waals surface area (Å²) in [4.78, 5) is 18.1. The molecule has 1 aromatic rings. The monoisotopic (exact) mass is 291 g/mol. The maximum absolute atomic E-state index is 12.8. The number of aromatic nitrogens is 1. The molecule has 1 unspecified atom stereocenters. The molecule has 0 radical (unpaired) electrons. The number of carbonyl (C=O) groups is 1. The van der Waals surface area contributed by atoms with Crippen molar-refractivity contribution in [1.29, 1.82) is 0 Å². The van der Waals surface area contributed by atoms with Crippen molar-refractivity contribution >= 4 is 5.91 Å². The van der Waals surface area contributed by atoms with E-state index in [1.165, 1.54) is 50.6 Å². The lowest BCUT2D eigenvalue weighted by atomic mass is 10.1. The lowest BCUT2D eigenvalue weighted by Gasteiger charge is -2.20. The molecule has 21 heavy (non-hydrogen) atoms. The van der Waals surface area contributed by atoms with E-state index >= 15 is 0 Å². The number of halogens is 1. The molecule has 0 aromatic carbocycles. The van der Waals surface area contributed by atoms with E-state index in [9.17, 15) is 9.18 Å². The fourth-order valence-corrected chi connectivity index (χ4v) is 3.45. The highest BCUT2D eigenvalue weighted by Gasteiger charge is 2.27. The van der Waals surface area contributed by atoms with Crippen LogP contribution < -0.4 is 5.32 Å². The number of carbonyl (C=O) groups excluding carboxylic acids is 1. The normalized spacial score (nSPS) is 23.6. The van der Waals surface area contributed by atoms with Crippen molar-refractivity contribution < 1.29 is 9.18 Å². The van der Waals surface area contributed by atoms with Gasteiger partial charge >= 0.3 is 0 Å². The van der Waals surface area contributed by atoms with Crippen LogP contribution in [0.1, 0.15) is 42.5 Å². The smallest absolute Gasteiger partial charge is 0.253 e. The van der Waals surface area contributed by atoms with Crippen molar-refractivity contribution in [2.24, 2.45) is 5.92 Å². The first-order chi connectivity index (χ1) is 10.2. The Morgan fingerprint density at radius 2 is 2.14 bits per heavy atom. The number of pyridine rings is 1. The third-order valence-corrected chi connectivity index (χ3v) is 4.59. The van der Waals surface area contributed by atoms with E-state index in [4.69, 9.17) is 0 Å². The molecular weight excluding hydrogens is 269 g/mol. The van der Waals surface area contributed by atoms with Crippen LogP contribution in [-0.2, 0) is 0 Å². The molecule has 1 amide bonds. The highest BCUT2D eigenvalue weighted by Crippen LogP contribution is 2.26. The number of nitrogens with zero attached hydrogens (tertiary/aromatic N) is 2. The van der Waals surface area contributed by atoms with Gasteiger partial charge < -0.3 is 10.2 Å². The van der Waals surface area contributed by atoms with Crippen LogP contribution in [0.3, 0.4) is 0 Å². The summed E-state index contributed by atoms with van der Waals surface area (Å²) in [6.45, 7) is 3.16. The van der Waals surface area contributed by atoms with Crippen LogP contribution in [0.15, 0.2) is 18.3 Å². The van der Waals surface area contributed by atoms with Gasteiger partial charge in [0.15, 0.2) is 0 Å². The van der Waals surface area contributed by atoms with E-state index in [1.54, 1.807) is 0 Å².